The van der Waals surface area contributed by atoms with E-state index in [2.05, 4.69) is 10.2 Å². The fraction of sp³-hybridized carbons (Fsp3) is 0.500. The molecule has 2 fully saturated rings. The smallest absolute Gasteiger partial charge is 0.220 e. The number of nitrogens with one attached hydrogen (secondary N) is 1. The summed E-state index contributed by atoms with van der Waals surface area (Å²) in [6, 6.07) is 5.11. The summed E-state index contributed by atoms with van der Waals surface area (Å²) >= 11 is 5.79. The Morgan fingerprint density at radius 1 is 1.37 bits per heavy atom. The van der Waals surface area contributed by atoms with E-state index >= 15 is 0 Å². The summed E-state index contributed by atoms with van der Waals surface area (Å²) in [4.78, 5) is 13.6. The zero-order valence-corrected chi connectivity index (χ0v) is 11.3. The number of piperidine rings is 1. The quantitative estimate of drug-likeness (QED) is 0.900. The highest BCUT2D eigenvalue weighted by Crippen LogP contribution is 2.30. The van der Waals surface area contributed by atoms with Crippen LogP contribution in [0.2, 0.25) is 5.02 Å². The summed E-state index contributed by atoms with van der Waals surface area (Å²) in [6.07, 6.45) is 0.596. The average Bonchev–Trinajstić information content (AvgIpc) is 2.76. The van der Waals surface area contributed by atoms with Crippen LogP contribution in [-0.4, -0.2) is 30.4 Å². The minimum atomic E-state index is -0.326. The first kappa shape index (κ1) is 12.9. The number of rotatable bonds is 2. The second-order valence-electron chi connectivity index (χ2n) is 5.44. The van der Waals surface area contributed by atoms with E-state index in [0.717, 1.165) is 19.6 Å². The third-order valence-corrected chi connectivity index (χ3v) is 4.38. The minimum absolute atomic E-state index is 0.136. The van der Waals surface area contributed by atoms with Crippen LogP contribution in [0.5, 0.6) is 0 Å². The Morgan fingerprint density at radius 2 is 2.16 bits per heavy atom. The number of hydrogen-bond acceptors (Lipinski definition) is 2. The van der Waals surface area contributed by atoms with E-state index in [-0.39, 0.29) is 16.7 Å². The lowest BCUT2D eigenvalue weighted by Crippen LogP contribution is -2.39. The molecule has 5 heteroatoms. The Kier molecular flexibility index (Phi) is 3.46. The molecule has 2 heterocycles. The first-order valence-electron chi connectivity index (χ1n) is 6.55. The SMILES string of the molecule is O=C1C[C@@H]2CN(Cc3cccc(Cl)c3F)C[C@@H]2CN1. The second-order valence-corrected chi connectivity index (χ2v) is 5.84. The van der Waals surface area contributed by atoms with Crippen LogP contribution in [0.3, 0.4) is 0 Å². The zero-order valence-electron chi connectivity index (χ0n) is 10.5. The van der Waals surface area contributed by atoms with Gasteiger partial charge in [0, 0.05) is 38.2 Å². The number of benzene rings is 1. The molecule has 102 valence electrons. The first-order valence-corrected chi connectivity index (χ1v) is 6.93. The molecule has 0 aliphatic carbocycles. The predicted octanol–water partition coefficient (Wildman–Crippen LogP) is 2.05. The minimum Gasteiger partial charge on any atom is -0.356 e. The Hall–Kier alpha value is -1.13. The van der Waals surface area contributed by atoms with Crippen molar-refractivity contribution in [3.05, 3.63) is 34.6 Å². The number of nitrogens with zero attached hydrogens (tertiary/aromatic N) is 1. The molecule has 3 rings (SSSR count). The number of fused-ring (bicyclic) bond motifs is 1. The van der Waals surface area contributed by atoms with Crippen molar-refractivity contribution in [2.75, 3.05) is 19.6 Å². The normalized spacial score (nSPS) is 27.2. The Balaban J connectivity index is 1.69. The summed E-state index contributed by atoms with van der Waals surface area (Å²) in [6.45, 7) is 3.09. The van der Waals surface area contributed by atoms with Crippen LogP contribution in [0.25, 0.3) is 0 Å². The third kappa shape index (κ3) is 2.60. The topological polar surface area (TPSA) is 32.3 Å². The van der Waals surface area contributed by atoms with Crippen LogP contribution >= 0.6 is 11.6 Å². The molecule has 19 heavy (non-hydrogen) atoms. The molecule has 3 nitrogen and oxygen atoms in total. The summed E-state index contributed by atoms with van der Waals surface area (Å²) in [5, 5.41) is 3.07. The highest BCUT2D eigenvalue weighted by Gasteiger charge is 2.37. The van der Waals surface area contributed by atoms with E-state index in [1.54, 1.807) is 18.2 Å². The van der Waals surface area contributed by atoms with Crippen molar-refractivity contribution in [3.8, 4) is 0 Å². The molecule has 0 radical (unpaired) electrons. The maximum absolute atomic E-state index is 13.9. The molecule has 2 aliphatic heterocycles. The van der Waals surface area contributed by atoms with Gasteiger partial charge in [-0.15, -0.1) is 0 Å². The average molecular weight is 283 g/mol. The second kappa shape index (κ2) is 5.10. The molecule has 0 bridgehead atoms. The molecule has 1 amide bonds. The number of halogens is 2. The molecule has 0 aromatic heterocycles. The number of amides is 1. The lowest BCUT2D eigenvalue weighted by molar-refractivity contribution is -0.124. The largest absolute Gasteiger partial charge is 0.356 e. The monoisotopic (exact) mass is 282 g/mol. The van der Waals surface area contributed by atoms with Crippen LogP contribution in [0, 0.1) is 17.7 Å². The molecule has 0 saturated carbocycles. The van der Waals surface area contributed by atoms with E-state index in [0.29, 0.717) is 30.4 Å². The maximum atomic E-state index is 13.9. The van der Waals surface area contributed by atoms with E-state index < -0.39 is 0 Å². The van der Waals surface area contributed by atoms with Crippen LogP contribution in [-0.2, 0) is 11.3 Å². The molecule has 1 aromatic carbocycles. The van der Waals surface area contributed by atoms with E-state index in [1.807, 2.05) is 0 Å². The molecule has 2 saturated heterocycles. The van der Waals surface area contributed by atoms with Crippen LogP contribution in [0.4, 0.5) is 4.39 Å². The Bertz CT molecular complexity index is 508. The van der Waals surface area contributed by atoms with E-state index in [1.165, 1.54) is 0 Å². The van der Waals surface area contributed by atoms with Crippen molar-refractivity contribution < 1.29 is 9.18 Å². The van der Waals surface area contributed by atoms with Crippen molar-refractivity contribution >= 4 is 17.5 Å². The van der Waals surface area contributed by atoms with Crippen molar-refractivity contribution in [3.63, 3.8) is 0 Å². The van der Waals surface area contributed by atoms with Crippen molar-refractivity contribution in [2.24, 2.45) is 11.8 Å². The highest BCUT2D eigenvalue weighted by molar-refractivity contribution is 6.30. The van der Waals surface area contributed by atoms with E-state index in [4.69, 9.17) is 11.6 Å². The molecule has 2 aliphatic rings. The summed E-state index contributed by atoms with van der Waals surface area (Å²) < 4.78 is 13.9. The van der Waals surface area contributed by atoms with Gasteiger partial charge in [-0.2, -0.15) is 0 Å². The third-order valence-electron chi connectivity index (χ3n) is 4.09. The molecule has 0 unspecified atom stereocenters. The fourth-order valence-electron chi connectivity index (χ4n) is 3.09. The van der Waals surface area contributed by atoms with Crippen molar-refractivity contribution in [1.29, 1.82) is 0 Å². The molecule has 0 spiro atoms. The number of carbonyl (C=O) groups excluding carboxylic acids is 1. The van der Waals surface area contributed by atoms with Gasteiger partial charge in [-0.05, 0) is 17.9 Å². The summed E-state index contributed by atoms with van der Waals surface area (Å²) in [7, 11) is 0. The molecule has 1 N–H and O–H groups in total. The van der Waals surface area contributed by atoms with Gasteiger partial charge in [0.2, 0.25) is 5.91 Å². The van der Waals surface area contributed by atoms with Crippen LogP contribution in [0.1, 0.15) is 12.0 Å². The van der Waals surface area contributed by atoms with E-state index in [9.17, 15) is 9.18 Å². The van der Waals surface area contributed by atoms with Gasteiger partial charge >= 0.3 is 0 Å². The van der Waals surface area contributed by atoms with Gasteiger partial charge in [0.25, 0.3) is 0 Å². The molecular formula is C14H16ClFN2O. The van der Waals surface area contributed by atoms with Gasteiger partial charge in [-0.25, -0.2) is 4.39 Å². The van der Waals surface area contributed by atoms with Crippen LogP contribution in [0.15, 0.2) is 18.2 Å². The van der Waals surface area contributed by atoms with Gasteiger partial charge in [0.1, 0.15) is 5.82 Å². The fourth-order valence-corrected chi connectivity index (χ4v) is 3.29. The molecule has 2 atom stereocenters. The van der Waals surface area contributed by atoms with Gasteiger partial charge in [0.15, 0.2) is 0 Å². The summed E-state index contributed by atoms with van der Waals surface area (Å²) in [5.41, 5.74) is 0.630. The number of carbonyl (C=O) groups is 1. The Labute approximate surface area is 116 Å². The Morgan fingerprint density at radius 3 is 3.00 bits per heavy atom. The van der Waals surface area contributed by atoms with Gasteiger partial charge in [0.05, 0.1) is 5.02 Å². The molecule has 1 aromatic rings. The van der Waals surface area contributed by atoms with Gasteiger partial charge in [-0.3, -0.25) is 9.69 Å². The maximum Gasteiger partial charge on any atom is 0.220 e. The van der Waals surface area contributed by atoms with Crippen molar-refractivity contribution in [2.45, 2.75) is 13.0 Å². The van der Waals surface area contributed by atoms with Crippen molar-refractivity contribution in [1.82, 2.24) is 10.2 Å². The van der Waals surface area contributed by atoms with Gasteiger partial charge < -0.3 is 5.32 Å². The number of hydrogen-bond donors (Lipinski definition) is 1. The van der Waals surface area contributed by atoms with Gasteiger partial charge in [-0.1, -0.05) is 23.7 Å². The lowest BCUT2D eigenvalue weighted by atomic mass is 9.89. The number of likely N-dealkylation sites (tertiary alicyclic amines) is 1. The molecular weight excluding hydrogens is 267 g/mol. The standard InChI is InChI=1S/C14H16ClFN2O/c15-12-3-1-2-9(14(12)16)6-18-7-10-4-13(19)17-5-11(10)8-18/h1-3,10-11H,4-8H2,(H,17,19)/t10-,11+/m1/s1. The first-order chi connectivity index (χ1) is 9.13. The van der Waals surface area contributed by atoms with Crippen LogP contribution < -0.4 is 5.32 Å². The highest BCUT2D eigenvalue weighted by atomic mass is 35.5. The zero-order chi connectivity index (χ0) is 13.4. The summed E-state index contributed by atoms with van der Waals surface area (Å²) in [5.74, 6) is 0.723. The lowest BCUT2D eigenvalue weighted by Gasteiger charge is -2.23. The predicted molar refractivity (Wildman–Crippen MR) is 71.3 cm³/mol.